The van der Waals surface area contributed by atoms with Gasteiger partial charge in [0.05, 0.1) is 28.9 Å². The minimum Gasteiger partial charge on any atom is -0.389 e. The van der Waals surface area contributed by atoms with Gasteiger partial charge in [0.15, 0.2) is 0 Å². The lowest BCUT2D eigenvalue weighted by Crippen LogP contribution is -2.65. The molecule has 2 aliphatic heterocycles. The van der Waals surface area contributed by atoms with Crippen molar-refractivity contribution < 1.29 is 18.3 Å². The van der Waals surface area contributed by atoms with Gasteiger partial charge in [0.1, 0.15) is 21.1 Å². The molecule has 0 aliphatic carbocycles. The van der Waals surface area contributed by atoms with Crippen molar-refractivity contribution in [3.63, 3.8) is 0 Å². The number of likely N-dealkylation sites (tertiary alicyclic amines) is 1. The van der Waals surface area contributed by atoms with E-state index in [0.717, 1.165) is 16.8 Å². The number of nitrogens with zero attached hydrogens (tertiary/aromatic N) is 4. The smallest absolute Gasteiger partial charge is 0.240 e. The average Bonchev–Trinajstić information content (AvgIpc) is 3.20. The normalized spacial score (nSPS) is 17.7. The van der Waals surface area contributed by atoms with Gasteiger partial charge in [-0.1, -0.05) is 29.8 Å². The van der Waals surface area contributed by atoms with E-state index in [9.17, 15) is 18.3 Å². The van der Waals surface area contributed by atoms with Gasteiger partial charge in [-0.05, 0) is 50.1 Å². The number of fused-ring (bicyclic) bond motifs is 3. The summed E-state index contributed by atoms with van der Waals surface area (Å²) >= 11 is 6.21. The van der Waals surface area contributed by atoms with Gasteiger partial charge < -0.3 is 14.6 Å². The maximum Gasteiger partial charge on any atom is 0.240 e. The van der Waals surface area contributed by atoms with Crippen LogP contribution < -0.4 is 4.90 Å². The SMILES string of the molecule is CC(C)(O)CN1CC2(C1)C(=O)N(Cc1nc3cc(Cl)ccc3n1CCCS(C)(=O)=O)c1ccccc12. The van der Waals surface area contributed by atoms with Crippen LogP contribution in [0.1, 0.15) is 31.7 Å². The Morgan fingerprint density at radius 1 is 1.17 bits per heavy atom. The Balaban J connectivity index is 1.47. The summed E-state index contributed by atoms with van der Waals surface area (Å²) in [7, 11) is -3.09. The van der Waals surface area contributed by atoms with Gasteiger partial charge in [0, 0.05) is 43.1 Å². The number of hydrogen-bond acceptors (Lipinski definition) is 6. The van der Waals surface area contributed by atoms with Crippen LogP contribution in [0.3, 0.4) is 0 Å². The van der Waals surface area contributed by atoms with Crippen molar-refractivity contribution in [2.24, 2.45) is 0 Å². The van der Waals surface area contributed by atoms with Crippen LogP contribution in [0, 0.1) is 0 Å². The first kappa shape index (κ1) is 25.2. The molecule has 3 heterocycles. The molecule has 1 spiro atoms. The minimum absolute atomic E-state index is 0.0310. The highest BCUT2D eigenvalue weighted by Crippen LogP contribution is 2.48. The largest absolute Gasteiger partial charge is 0.389 e. The third-order valence-electron chi connectivity index (χ3n) is 6.95. The molecule has 1 fully saturated rings. The first-order valence-electron chi connectivity index (χ1n) is 12.0. The number of aromatic nitrogens is 2. The number of anilines is 1. The van der Waals surface area contributed by atoms with Crippen LogP contribution in [0.15, 0.2) is 42.5 Å². The number of aryl methyl sites for hydroxylation is 1. The first-order valence-corrected chi connectivity index (χ1v) is 14.5. The van der Waals surface area contributed by atoms with Crippen molar-refractivity contribution in [2.45, 2.75) is 44.4 Å². The molecule has 2 aliphatic rings. The molecule has 36 heavy (non-hydrogen) atoms. The fourth-order valence-corrected chi connectivity index (χ4v) is 6.40. The van der Waals surface area contributed by atoms with Crippen LogP contribution in [0.4, 0.5) is 5.69 Å². The fraction of sp³-hybridized carbons (Fsp3) is 0.462. The van der Waals surface area contributed by atoms with E-state index in [0.29, 0.717) is 49.0 Å². The number of sulfone groups is 1. The summed E-state index contributed by atoms with van der Waals surface area (Å²) in [5.41, 5.74) is 1.99. The van der Waals surface area contributed by atoms with Crippen LogP contribution in [0.25, 0.3) is 11.0 Å². The highest BCUT2D eigenvalue weighted by Gasteiger charge is 2.58. The van der Waals surface area contributed by atoms with Crippen molar-refractivity contribution in [3.8, 4) is 0 Å². The Labute approximate surface area is 216 Å². The van der Waals surface area contributed by atoms with Gasteiger partial charge >= 0.3 is 0 Å². The molecule has 1 aromatic heterocycles. The number of amides is 1. The molecule has 1 N–H and O–H groups in total. The minimum atomic E-state index is -3.09. The molecule has 3 aromatic rings. The fourth-order valence-electron chi connectivity index (χ4n) is 5.58. The summed E-state index contributed by atoms with van der Waals surface area (Å²) in [6, 6.07) is 13.3. The molecule has 0 atom stereocenters. The number of carbonyl (C=O) groups is 1. The van der Waals surface area contributed by atoms with E-state index in [1.807, 2.05) is 34.9 Å². The molecular formula is C26H31ClN4O4S. The Morgan fingerprint density at radius 2 is 1.89 bits per heavy atom. The summed E-state index contributed by atoms with van der Waals surface area (Å²) in [6.07, 6.45) is 1.68. The molecule has 1 saturated heterocycles. The molecule has 1 amide bonds. The van der Waals surface area contributed by atoms with Crippen molar-refractivity contribution in [1.29, 1.82) is 0 Å². The van der Waals surface area contributed by atoms with Crippen molar-refractivity contribution in [2.75, 3.05) is 36.5 Å². The molecule has 0 radical (unpaired) electrons. The van der Waals surface area contributed by atoms with E-state index >= 15 is 0 Å². The van der Waals surface area contributed by atoms with Crippen LogP contribution in [0.5, 0.6) is 0 Å². The van der Waals surface area contributed by atoms with E-state index in [-0.39, 0.29) is 18.2 Å². The van der Waals surface area contributed by atoms with Crippen molar-refractivity contribution in [3.05, 3.63) is 58.9 Å². The Hall–Kier alpha value is -2.46. The van der Waals surface area contributed by atoms with E-state index in [2.05, 4.69) is 4.90 Å². The molecule has 0 bridgehead atoms. The number of hydrogen-bond donors (Lipinski definition) is 1. The second kappa shape index (κ2) is 8.83. The third kappa shape index (κ3) is 4.65. The lowest BCUT2D eigenvalue weighted by Gasteiger charge is -2.48. The number of carbonyl (C=O) groups excluding carboxylic acids is 1. The van der Waals surface area contributed by atoms with Gasteiger partial charge in [-0.15, -0.1) is 0 Å². The average molecular weight is 531 g/mol. The Bertz CT molecular complexity index is 1440. The van der Waals surface area contributed by atoms with E-state index in [4.69, 9.17) is 16.6 Å². The molecular weight excluding hydrogens is 500 g/mol. The number of rotatable bonds is 8. The maximum atomic E-state index is 13.9. The number of imidazole rings is 1. The number of benzene rings is 2. The van der Waals surface area contributed by atoms with Crippen LogP contribution in [0.2, 0.25) is 5.02 Å². The number of para-hydroxylation sites is 1. The molecule has 5 rings (SSSR count). The molecule has 10 heteroatoms. The predicted molar refractivity (Wildman–Crippen MR) is 141 cm³/mol. The number of β-amino-alcohol motifs (C(OH)–C–C–N with tert-alkyl or cyclic N) is 1. The van der Waals surface area contributed by atoms with Crippen LogP contribution in [-0.2, 0) is 33.1 Å². The van der Waals surface area contributed by atoms with Gasteiger partial charge in [-0.3, -0.25) is 9.69 Å². The predicted octanol–water partition coefficient (Wildman–Crippen LogP) is 3.00. The summed E-state index contributed by atoms with van der Waals surface area (Å²) < 4.78 is 25.4. The standard InChI is InChI=1S/C26H31ClN4O4S/c1-25(2,33)15-29-16-26(17-29)19-7-4-5-8-21(19)31(24(26)32)14-23-28-20-13-18(27)9-10-22(20)30(23)11-6-12-36(3,34)35/h4-5,7-10,13,33H,6,11-12,14-17H2,1-3H3. The zero-order valence-electron chi connectivity index (χ0n) is 20.7. The second-order valence-electron chi connectivity index (χ2n) is 10.7. The molecule has 2 aromatic carbocycles. The Morgan fingerprint density at radius 3 is 2.58 bits per heavy atom. The van der Waals surface area contributed by atoms with Gasteiger partial charge in [0.2, 0.25) is 5.91 Å². The summed E-state index contributed by atoms with van der Waals surface area (Å²) in [4.78, 5) is 22.6. The molecule has 0 saturated carbocycles. The quantitative estimate of drug-likeness (QED) is 0.481. The van der Waals surface area contributed by atoms with Gasteiger partial charge in [0.25, 0.3) is 0 Å². The summed E-state index contributed by atoms with van der Waals surface area (Å²) in [6.45, 7) is 5.90. The highest BCUT2D eigenvalue weighted by molar-refractivity contribution is 7.90. The van der Waals surface area contributed by atoms with Gasteiger partial charge in [-0.25, -0.2) is 13.4 Å². The molecule has 0 unspecified atom stereocenters. The second-order valence-corrected chi connectivity index (χ2v) is 13.4. The topological polar surface area (TPSA) is 95.7 Å². The van der Waals surface area contributed by atoms with Crippen LogP contribution >= 0.6 is 11.6 Å². The summed E-state index contributed by atoms with van der Waals surface area (Å²) in [5.74, 6) is 0.794. The third-order valence-corrected chi connectivity index (χ3v) is 8.21. The van der Waals surface area contributed by atoms with Crippen molar-refractivity contribution >= 4 is 44.1 Å². The van der Waals surface area contributed by atoms with Crippen LogP contribution in [-0.4, -0.2) is 71.1 Å². The van der Waals surface area contributed by atoms with E-state index < -0.39 is 20.9 Å². The zero-order chi connectivity index (χ0) is 25.9. The van der Waals surface area contributed by atoms with E-state index in [1.54, 1.807) is 30.9 Å². The maximum absolute atomic E-state index is 13.9. The van der Waals surface area contributed by atoms with Crippen molar-refractivity contribution in [1.82, 2.24) is 14.5 Å². The first-order chi connectivity index (χ1) is 16.9. The summed E-state index contributed by atoms with van der Waals surface area (Å²) in [5, 5.41) is 10.8. The molecule has 8 nitrogen and oxygen atoms in total. The highest BCUT2D eigenvalue weighted by atomic mass is 35.5. The van der Waals surface area contributed by atoms with E-state index in [1.165, 1.54) is 6.26 Å². The lowest BCUT2D eigenvalue weighted by atomic mass is 9.74. The number of halogens is 1. The zero-order valence-corrected chi connectivity index (χ0v) is 22.3. The molecule has 192 valence electrons. The lowest BCUT2D eigenvalue weighted by molar-refractivity contribution is -0.131. The Kier molecular flexibility index (Phi) is 6.18. The number of aliphatic hydroxyl groups is 1. The monoisotopic (exact) mass is 530 g/mol. The van der Waals surface area contributed by atoms with Gasteiger partial charge in [-0.2, -0.15) is 0 Å².